The van der Waals surface area contributed by atoms with Crippen molar-refractivity contribution in [3.05, 3.63) is 71.8 Å². The minimum atomic E-state index is -0.780. The molecular weight excluding hydrogens is 522 g/mol. The fourth-order valence-electron chi connectivity index (χ4n) is 5.21. The van der Waals surface area contributed by atoms with Gasteiger partial charge in [-0.1, -0.05) is 80.9 Å². The van der Waals surface area contributed by atoms with Gasteiger partial charge in [-0.15, -0.1) is 0 Å². The van der Waals surface area contributed by atoms with Crippen LogP contribution in [0.25, 0.3) is 0 Å². The van der Waals surface area contributed by atoms with Crippen LogP contribution in [0.15, 0.2) is 60.7 Å². The molecule has 2 aromatic rings. The van der Waals surface area contributed by atoms with Crippen LogP contribution in [0.3, 0.4) is 0 Å². The first kappa shape index (κ1) is 30.1. The molecule has 0 bridgehead atoms. The molecule has 2 aliphatic rings. The Balaban J connectivity index is 1.27. The zero-order valence-corrected chi connectivity index (χ0v) is 24.0. The van der Waals surface area contributed by atoms with Crippen molar-refractivity contribution >= 4 is 23.9 Å². The Morgan fingerprint density at radius 1 is 0.976 bits per heavy atom. The molecule has 9 heteroatoms. The molecule has 7 atom stereocenters. The number of hydrogen-bond donors (Lipinski definition) is 3. The van der Waals surface area contributed by atoms with Crippen LogP contribution in [0, 0.1) is 17.8 Å². The number of carbonyl (C=O) groups is 4. The lowest BCUT2D eigenvalue weighted by Gasteiger charge is -2.37. The average Bonchev–Trinajstić information content (AvgIpc) is 3.70. The first-order valence-corrected chi connectivity index (χ1v) is 14.6. The molecule has 220 valence electrons. The Morgan fingerprint density at radius 3 is 2.27 bits per heavy atom. The van der Waals surface area contributed by atoms with Crippen molar-refractivity contribution in [2.45, 2.75) is 83.7 Å². The van der Waals surface area contributed by atoms with Crippen molar-refractivity contribution in [1.82, 2.24) is 16.0 Å². The highest BCUT2D eigenvalue weighted by atomic mass is 16.6. The van der Waals surface area contributed by atoms with Gasteiger partial charge in [-0.2, -0.15) is 0 Å². The van der Waals surface area contributed by atoms with Crippen LogP contribution in [-0.4, -0.2) is 48.1 Å². The predicted molar refractivity (Wildman–Crippen MR) is 153 cm³/mol. The fourth-order valence-corrected chi connectivity index (χ4v) is 5.21. The number of hydrogen-bond acceptors (Lipinski definition) is 6. The first-order chi connectivity index (χ1) is 19.7. The Morgan fingerprint density at radius 2 is 1.63 bits per heavy atom. The molecule has 3 N–H and O–H groups in total. The van der Waals surface area contributed by atoms with E-state index >= 15 is 0 Å². The summed E-state index contributed by atoms with van der Waals surface area (Å²) in [4.78, 5) is 50.0. The second-order valence-electron chi connectivity index (χ2n) is 11.3. The molecule has 0 aromatic heterocycles. The number of aryl methyl sites for hydroxylation is 1. The first-order valence-electron chi connectivity index (χ1n) is 14.6. The fraction of sp³-hybridized carbons (Fsp3) is 0.500. The molecule has 9 nitrogen and oxygen atoms in total. The number of rotatable bonds is 14. The van der Waals surface area contributed by atoms with Crippen LogP contribution in [-0.2, 0) is 36.9 Å². The van der Waals surface area contributed by atoms with Gasteiger partial charge in [0, 0.05) is 12.1 Å². The van der Waals surface area contributed by atoms with Crippen molar-refractivity contribution in [2.24, 2.45) is 17.8 Å². The highest BCUT2D eigenvalue weighted by Crippen LogP contribution is 2.37. The van der Waals surface area contributed by atoms with Crippen LogP contribution >= 0.6 is 0 Å². The summed E-state index contributed by atoms with van der Waals surface area (Å²) < 4.78 is 10.4. The zero-order chi connectivity index (χ0) is 29.4. The Kier molecular flexibility index (Phi) is 10.4. The van der Waals surface area contributed by atoms with Gasteiger partial charge in [-0.3, -0.25) is 14.4 Å². The largest absolute Gasteiger partial charge is 0.451 e. The van der Waals surface area contributed by atoms with E-state index in [-0.39, 0.29) is 54.2 Å². The van der Waals surface area contributed by atoms with E-state index in [1.165, 1.54) is 5.56 Å². The monoisotopic (exact) mass is 563 g/mol. The molecule has 1 heterocycles. The lowest BCUT2D eigenvalue weighted by Crippen LogP contribution is -2.56. The van der Waals surface area contributed by atoms with Gasteiger partial charge < -0.3 is 25.4 Å². The molecule has 4 rings (SSSR count). The molecule has 1 saturated carbocycles. The van der Waals surface area contributed by atoms with E-state index in [4.69, 9.17) is 9.47 Å². The SMILES string of the molecule is CC[C@H](C)[C@@H]1C(=O)O[C@H]1C(=O)N[C@H]1C[C@@H]1C[C@@H](CCc1ccccc1)NC(=O)[C@H](C)NC(=O)OCc1ccccc1. The summed E-state index contributed by atoms with van der Waals surface area (Å²) in [6, 6.07) is 18.4. The van der Waals surface area contributed by atoms with Gasteiger partial charge in [0.2, 0.25) is 5.91 Å². The van der Waals surface area contributed by atoms with E-state index in [9.17, 15) is 19.2 Å². The maximum Gasteiger partial charge on any atom is 0.408 e. The van der Waals surface area contributed by atoms with Crippen molar-refractivity contribution in [2.75, 3.05) is 0 Å². The molecule has 1 saturated heterocycles. The second kappa shape index (κ2) is 14.1. The van der Waals surface area contributed by atoms with Crippen molar-refractivity contribution in [3.8, 4) is 0 Å². The summed E-state index contributed by atoms with van der Waals surface area (Å²) in [6.45, 7) is 5.70. The van der Waals surface area contributed by atoms with Crippen molar-refractivity contribution < 1.29 is 28.7 Å². The van der Waals surface area contributed by atoms with Gasteiger partial charge in [0.05, 0.1) is 0 Å². The molecule has 0 spiro atoms. The smallest absolute Gasteiger partial charge is 0.408 e. The Labute approximate surface area is 241 Å². The number of ether oxygens (including phenoxy) is 2. The van der Waals surface area contributed by atoms with Crippen molar-refractivity contribution in [3.63, 3.8) is 0 Å². The van der Waals surface area contributed by atoms with E-state index in [1.807, 2.05) is 62.4 Å². The lowest BCUT2D eigenvalue weighted by molar-refractivity contribution is -0.193. The maximum atomic E-state index is 13.0. The van der Waals surface area contributed by atoms with Crippen LogP contribution in [0.5, 0.6) is 0 Å². The minimum Gasteiger partial charge on any atom is -0.451 e. The number of cyclic esters (lactones) is 1. The number of carbonyl (C=O) groups excluding carboxylic acids is 4. The van der Waals surface area contributed by atoms with E-state index in [0.717, 1.165) is 24.8 Å². The summed E-state index contributed by atoms with van der Waals surface area (Å²) in [6.07, 6.45) is 2.41. The van der Waals surface area contributed by atoms with Crippen LogP contribution in [0.1, 0.15) is 57.6 Å². The van der Waals surface area contributed by atoms with Gasteiger partial charge >= 0.3 is 12.1 Å². The molecule has 2 aromatic carbocycles. The highest BCUT2D eigenvalue weighted by molar-refractivity contribution is 5.94. The highest BCUT2D eigenvalue weighted by Gasteiger charge is 2.51. The predicted octanol–water partition coefficient (Wildman–Crippen LogP) is 3.90. The third-order valence-electron chi connectivity index (χ3n) is 8.11. The van der Waals surface area contributed by atoms with E-state index in [0.29, 0.717) is 12.8 Å². The summed E-state index contributed by atoms with van der Waals surface area (Å²) in [5, 5.41) is 8.75. The van der Waals surface area contributed by atoms with E-state index in [2.05, 4.69) is 28.1 Å². The lowest BCUT2D eigenvalue weighted by atomic mass is 9.83. The van der Waals surface area contributed by atoms with Gasteiger partial charge in [0.1, 0.15) is 18.6 Å². The molecule has 0 unspecified atom stereocenters. The molecular formula is C32H41N3O6. The molecule has 1 aliphatic carbocycles. The number of alkyl carbamates (subject to hydrolysis) is 1. The standard InChI is InChI=1S/C32H41N3O6/c1-4-20(2)27-28(41-31(27)38)30(37)35-26-18-24(26)17-25(16-15-22-11-7-5-8-12-22)34-29(36)21(3)33-32(39)40-19-23-13-9-6-10-14-23/h5-14,20-21,24-28H,4,15-19H2,1-3H3,(H,33,39)(H,34,36)(H,35,37)/t20-,21-,24-,25+,26-,27-,28+/m0/s1. The quantitative estimate of drug-likeness (QED) is 0.300. The minimum absolute atomic E-state index is 0.0148. The van der Waals surface area contributed by atoms with Crippen LogP contribution < -0.4 is 16.0 Å². The summed E-state index contributed by atoms with van der Waals surface area (Å²) in [5.41, 5.74) is 2.03. The number of amides is 3. The Hall–Kier alpha value is -3.88. The van der Waals surface area contributed by atoms with E-state index < -0.39 is 18.2 Å². The number of esters is 1. The topological polar surface area (TPSA) is 123 Å². The molecule has 1 aliphatic heterocycles. The number of nitrogens with one attached hydrogen (secondary N) is 3. The van der Waals surface area contributed by atoms with E-state index in [1.54, 1.807) is 6.92 Å². The number of benzene rings is 2. The zero-order valence-electron chi connectivity index (χ0n) is 24.0. The van der Waals surface area contributed by atoms with Gasteiger partial charge in [-0.05, 0) is 55.6 Å². The third kappa shape index (κ3) is 8.55. The van der Waals surface area contributed by atoms with Crippen LogP contribution in [0.2, 0.25) is 0 Å². The summed E-state index contributed by atoms with van der Waals surface area (Å²) >= 11 is 0. The van der Waals surface area contributed by atoms with Gasteiger partial charge in [0.25, 0.3) is 5.91 Å². The van der Waals surface area contributed by atoms with Gasteiger partial charge in [0.15, 0.2) is 6.10 Å². The second-order valence-corrected chi connectivity index (χ2v) is 11.3. The van der Waals surface area contributed by atoms with Crippen LogP contribution in [0.4, 0.5) is 4.79 Å². The third-order valence-corrected chi connectivity index (χ3v) is 8.11. The summed E-state index contributed by atoms with van der Waals surface area (Å²) in [7, 11) is 0. The van der Waals surface area contributed by atoms with Gasteiger partial charge in [-0.25, -0.2) is 4.79 Å². The molecule has 41 heavy (non-hydrogen) atoms. The van der Waals surface area contributed by atoms with Crippen molar-refractivity contribution in [1.29, 1.82) is 0 Å². The Bertz CT molecular complexity index is 1190. The molecule has 0 radical (unpaired) electrons. The maximum absolute atomic E-state index is 13.0. The summed E-state index contributed by atoms with van der Waals surface area (Å²) in [5.74, 6) is -0.925. The molecule has 2 fully saturated rings. The normalized spacial score (nSPS) is 23.1. The molecule has 3 amide bonds. The average molecular weight is 564 g/mol.